The highest BCUT2D eigenvalue weighted by Gasteiger charge is 2.45. The quantitative estimate of drug-likeness (QED) is 0.151. The highest BCUT2D eigenvalue weighted by atomic mass is 19.3. The van der Waals surface area contributed by atoms with Crippen LogP contribution >= 0.6 is 0 Å². The number of imidazole rings is 1. The minimum Gasteiger partial charge on any atom is -0.435 e. The van der Waals surface area contributed by atoms with Crippen molar-refractivity contribution in [1.82, 2.24) is 24.6 Å². The van der Waals surface area contributed by atoms with Gasteiger partial charge in [-0.15, -0.1) is 0 Å². The number of fused-ring (bicyclic) bond motifs is 1. The Bertz CT molecular complexity index is 1800. The number of aryl methyl sites for hydroxylation is 1. The summed E-state index contributed by atoms with van der Waals surface area (Å²) < 4.78 is 36.4. The van der Waals surface area contributed by atoms with Crippen LogP contribution in [0.4, 0.5) is 20.3 Å². The van der Waals surface area contributed by atoms with Crippen LogP contribution in [0.3, 0.4) is 0 Å². The molecule has 14 nitrogen and oxygen atoms in total. The third-order valence-corrected chi connectivity index (χ3v) is 8.88. The van der Waals surface area contributed by atoms with Gasteiger partial charge in [0.05, 0.1) is 18.5 Å². The largest absolute Gasteiger partial charge is 0.435 e. The van der Waals surface area contributed by atoms with Crippen molar-refractivity contribution in [2.45, 2.75) is 57.0 Å². The first kappa shape index (κ1) is 34.1. The maximum atomic E-state index is 13.5. The molecule has 2 fully saturated rings. The van der Waals surface area contributed by atoms with E-state index >= 15 is 0 Å². The van der Waals surface area contributed by atoms with Gasteiger partial charge in [0.15, 0.2) is 17.8 Å². The summed E-state index contributed by atoms with van der Waals surface area (Å²) in [6, 6.07) is 10.3. The Balaban J connectivity index is 1.07. The van der Waals surface area contributed by atoms with Gasteiger partial charge in [-0.2, -0.15) is 8.78 Å². The second kappa shape index (κ2) is 14.4. The Morgan fingerprint density at radius 2 is 1.80 bits per heavy atom. The molecule has 0 spiro atoms. The molecule has 2 aromatic carbocycles. The molecule has 16 heteroatoms. The third-order valence-electron chi connectivity index (χ3n) is 8.88. The molecule has 0 saturated carbocycles. The minimum atomic E-state index is -2.91. The zero-order valence-electron chi connectivity index (χ0n) is 26.3. The van der Waals surface area contributed by atoms with Crippen LogP contribution in [-0.2, 0) is 9.53 Å². The van der Waals surface area contributed by atoms with Gasteiger partial charge >= 0.3 is 6.61 Å². The lowest BCUT2D eigenvalue weighted by Crippen LogP contribution is -2.64. The van der Waals surface area contributed by atoms with Gasteiger partial charge in [0, 0.05) is 48.2 Å². The first-order valence-corrected chi connectivity index (χ1v) is 15.7. The van der Waals surface area contributed by atoms with Crippen molar-refractivity contribution in [3.05, 3.63) is 72.2 Å². The summed E-state index contributed by atoms with van der Waals surface area (Å²) in [4.78, 5) is 37.0. The maximum absolute atomic E-state index is 13.5. The summed E-state index contributed by atoms with van der Waals surface area (Å²) in [5.41, 5.74) is 3.88. The van der Waals surface area contributed by atoms with E-state index in [0.29, 0.717) is 48.6 Å². The number of aromatic nitrogens is 3. The summed E-state index contributed by atoms with van der Waals surface area (Å²) in [6.07, 6.45) is -0.0934. The number of aliphatic hydroxyl groups is 4. The number of benzene rings is 2. The van der Waals surface area contributed by atoms with E-state index in [9.17, 15) is 38.8 Å². The lowest BCUT2D eigenvalue weighted by Gasteiger charge is -2.41. The molecule has 6 N–H and O–H groups in total. The van der Waals surface area contributed by atoms with Crippen molar-refractivity contribution in [3.8, 4) is 17.0 Å². The van der Waals surface area contributed by atoms with Crippen LogP contribution < -0.4 is 15.4 Å². The fourth-order valence-corrected chi connectivity index (χ4v) is 6.20. The van der Waals surface area contributed by atoms with Crippen molar-refractivity contribution < 1.29 is 48.3 Å². The summed E-state index contributed by atoms with van der Waals surface area (Å²) in [5, 5.41) is 45.7. The monoisotopic (exact) mass is 682 g/mol. The van der Waals surface area contributed by atoms with E-state index in [1.807, 2.05) is 17.4 Å². The Labute approximate surface area is 278 Å². The van der Waals surface area contributed by atoms with Crippen LogP contribution in [0.15, 0.2) is 61.1 Å². The number of likely N-dealkylation sites (tertiary alicyclic amines) is 1. The van der Waals surface area contributed by atoms with E-state index in [0.717, 1.165) is 16.8 Å². The van der Waals surface area contributed by atoms with Crippen LogP contribution in [0.1, 0.15) is 28.8 Å². The Morgan fingerprint density at radius 3 is 2.47 bits per heavy atom. The summed E-state index contributed by atoms with van der Waals surface area (Å²) in [6.45, 7) is -1.07. The van der Waals surface area contributed by atoms with Gasteiger partial charge in [0.2, 0.25) is 5.91 Å². The molecule has 1 unspecified atom stereocenters. The number of aliphatic hydroxyl groups excluding tert-OH is 4. The molecule has 0 radical (unpaired) electrons. The van der Waals surface area contributed by atoms with E-state index in [4.69, 9.17) is 4.74 Å². The number of hydrogen-bond donors (Lipinski definition) is 6. The molecule has 0 bridgehead atoms. The number of alkyl halides is 2. The number of hydrogen-bond acceptors (Lipinski definition) is 11. The molecule has 0 aliphatic carbocycles. The van der Waals surface area contributed by atoms with Gasteiger partial charge in [-0.3, -0.25) is 14.0 Å². The highest BCUT2D eigenvalue weighted by molar-refractivity contribution is 5.96. The van der Waals surface area contributed by atoms with Crippen LogP contribution in [0.25, 0.3) is 16.9 Å². The first-order valence-electron chi connectivity index (χ1n) is 15.7. The molecular formula is C33H36F2N6O8. The molecule has 2 amide bonds. The molecule has 2 saturated heterocycles. The lowest BCUT2D eigenvalue weighted by molar-refractivity contribution is -0.254. The summed E-state index contributed by atoms with van der Waals surface area (Å²) in [7, 11) is 0. The molecule has 2 aromatic heterocycles. The number of carbonyl (C=O) groups excluding carboxylic acids is 2. The van der Waals surface area contributed by atoms with Crippen molar-refractivity contribution >= 4 is 29.0 Å². The number of amides is 2. The van der Waals surface area contributed by atoms with Crippen molar-refractivity contribution in [2.75, 3.05) is 25.0 Å². The van der Waals surface area contributed by atoms with E-state index in [1.54, 1.807) is 47.8 Å². The highest BCUT2D eigenvalue weighted by Crippen LogP contribution is 2.29. The Morgan fingerprint density at radius 1 is 1.06 bits per heavy atom. The number of rotatable bonds is 9. The van der Waals surface area contributed by atoms with Crippen LogP contribution in [0.2, 0.25) is 0 Å². The molecule has 6 rings (SSSR count). The zero-order chi connectivity index (χ0) is 34.8. The zero-order valence-corrected chi connectivity index (χ0v) is 26.3. The van der Waals surface area contributed by atoms with Crippen LogP contribution in [-0.4, -0.2) is 108 Å². The average Bonchev–Trinajstić information content (AvgIpc) is 3.53. The predicted molar refractivity (Wildman–Crippen MR) is 170 cm³/mol. The van der Waals surface area contributed by atoms with Gasteiger partial charge in [-0.05, 0) is 67.8 Å². The van der Waals surface area contributed by atoms with Crippen molar-refractivity contribution in [3.63, 3.8) is 0 Å². The van der Waals surface area contributed by atoms with E-state index < -0.39 is 55.7 Å². The van der Waals surface area contributed by atoms with Gasteiger partial charge in [-0.25, -0.2) is 9.97 Å². The van der Waals surface area contributed by atoms with E-state index in [1.165, 1.54) is 12.1 Å². The second-order valence-electron chi connectivity index (χ2n) is 12.0. The molecule has 49 heavy (non-hydrogen) atoms. The molecule has 4 aromatic rings. The topological polar surface area (TPSA) is 191 Å². The number of nitrogens with zero attached hydrogens (tertiary/aromatic N) is 4. The van der Waals surface area contributed by atoms with Crippen LogP contribution in [0, 0.1) is 12.8 Å². The standard InChI is InChI=1S/C33H36F2N6O8/c1-17-14-20(38-28-29-37-15-23(41(29)13-10-36-28)18-2-5-21(6-3-18)48-33(34)35)4-7-22(17)31(46)40-11-8-19(9-12-40)30(45)39-25-27(44)26(43)24(16-42)49-32(25)47/h2-7,10,13-15,19,24-27,32-33,42-44,47H,8-9,11-12,16H2,1H3,(H,36,38)(H,39,45)/t24-,25+,26-,27-,32?/m0/s1. The van der Waals surface area contributed by atoms with Gasteiger partial charge in [-0.1, -0.05) is 0 Å². The first-order chi connectivity index (χ1) is 23.5. The van der Waals surface area contributed by atoms with Gasteiger partial charge in [0.25, 0.3) is 5.91 Å². The second-order valence-corrected chi connectivity index (χ2v) is 12.0. The van der Waals surface area contributed by atoms with Gasteiger partial charge < -0.3 is 45.4 Å². The van der Waals surface area contributed by atoms with Crippen LogP contribution in [0.5, 0.6) is 5.75 Å². The molecule has 2 aliphatic rings. The SMILES string of the molecule is Cc1cc(Nc2nccn3c(-c4ccc(OC(F)F)cc4)cnc23)ccc1C(=O)N1CCC(C(=O)N[C@H]2C(O)O[C@@H](CO)[C@H](O)[C@H]2O)CC1. The number of nitrogens with one attached hydrogen (secondary N) is 2. The van der Waals surface area contributed by atoms with Crippen molar-refractivity contribution in [1.29, 1.82) is 0 Å². The molecule has 260 valence electrons. The lowest BCUT2D eigenvalue weighted by atomic mass is 9.92. The number of ether oxygens (including phenoxy) is 2. The normalized spacial score (nSPS) is 23.1. The van der Waals surface area contributed by atoms with E-state index in [2.05, 4.69) is 25.3 Å². The van der Waals surface area contributed by atoms with Gasteiger partial charge in [0.1, 0.15) is 30.1 Å². The summed E-state index contributed by atoms with van der Waals surface area (Å²) in [5.74, 6) is -0.592. The smallest absolute Gasteiger partial charge is 0.387 e. The third kappa shape index (κ3) is 7.18. The maximum Gasteiger partial charge on any atom is 0.387 e. The number of carbonyl (C=O) groups is 2. The molecule has 5 atom stereocenters. The number of halogens is 2. The number of anilines is 2. The Hall–Kier alpha value is -4.74. The Kier molecular flexibility index (Phi) is 10.0. The molecular weight excluding hydrogens is 646 g/mol. The van der Waals surface area contributed by atoms with E-state index in [-0.39, 0.29) is 11.7 Å². The minimum absolute atomic E-state index is 0.0514. The fraction of sp³-hybridized carbons (Fsp3) is 0.394. The number of piperidine rings is 1. The average molecular weight is 683 g/mol. The predicted octanol–water partition coefficient (Wildman–Crippen LogP) is 1.82. The summed E-state index contributed by atoms with van der Waals surface area (Å²) >= 11 is 0. The van der Waals surface area contributed by atoms with Crippen molar-refractivity contribution in [2.24, 2.45) is 5.92 Å². The molecule has 2 aliphatic heterocycles. The molecule has 4 heterocycles. The fourth-order valence-electron chi connectivity index (χ4n) is 6.20.